The van der Waals surface area contributed by atoms with E-state index in [1.165, 1.54) is 10.2 Å². The molecule has 0 bridgehead atoms. The zero-order valence-corrected chi connectivity index (χ0v) is 27.4. The van der Waals surface area contributed by atoms with E-state index in [4.69, 9.17) is 0 Å². The van der Waals surface area contributed by atoms with Crippen molar-refractivity contribution in [2.75, 3.05) is 25.0 Å². The third-order valence-electron chi connectivity index (χ3n) is 9.25. The van der Waals surface area contributed by atoms with E-state index in [-0.39, 0.29) is 42.0 Å². The molecule has 11 heteroatoms. The number of hydrogen-bond donors (Lipinski definition) is 4. The lowest BCUT2D eigenvalue weighted by Gasteiger charge is -2.36. The minimum absolute atomic E-state index is 0.0476. The average molecular weight is 642 g/mol. The lowest BCUT2D eigenvalue weighted by atomic mass is 9.83. The Kier molecular flexibility index (Phi) is 11.8. The monoisotopic (exact) mass is 641 g/mol. The number of carbonyl (C=O) groups excluding carboxylic acids is 4. The van der Waals surface area contributed by atoms with Crippen LogP contribution in [0.4, 0.5) is 5.69 Å². The molecule has 1 aliphatic heterocycles. The van der Waals surface area contributed by atoms with Crippen LogP contribution in [0.15, 0.2) is 66.9 Å². The van der Waals surface area contributed by atoms with Crippen molar-refractivity contribution in [2.24, 2.45) is 13.0 Å². The molecule has 1 saturated heterocycles. The molecule has 1 aromatic heterocycles. The molecule has 5 rings (SSSR count). The van der Waals surface area contributed by atoms with E-state index >= 15 is 0 Å². The predicted molar refractivity (Wildman–Crippen MR) is 181 cm³/mol. The fourth-order valence-corrected chi connectivity index (χ4v) is 6.63. The highest BCUT2D eigenvalue weighted by Gasteiger charge is 2.33. The Morgan fingerprint density at radius 2 is 1.68 bits per heavy atom. The van der Waals surface area contributed by atoms with Crippen LogP contribution >= 0.6 is 0 Å². The van der Waals surface area contributed by atoms with Crippen molar-refractivity contribution < 1.29 is 19.2 Å². The van der Waals surface area contributed by atoms with Gasteiger partial charge in [0.15, 0.2) is 0 Å². The summed E-state index contributed by atoms with van der Waals surface area (Å²) in [5.74, 6) is -0.807. The number of piperazine rings is 1. The first-order valence-electron chi connectivity index (χ1n) is 16.8. The Labute approximate surface area is 276 Å². The number of nitrogens with zero attached hydrogens (tertiary/aromatic N) is 3. The van der Waals surface area contributed by atoms with Crippen molar-refractivity contribution in [1.82, 2.24) is 30.6 Å². The molecular formula is C36H47N7O4. The summed E-state index contributed by atoms with van der Waals surface area (Å²) in [6.07, 6.45) is 7.94. The van der Waals surface area contributed by atoms with Gasteiger partial charge >= 0.3 is 0 Å². The Hall–Kier alpha value is -4.51. The van der Waals surface area contributed by atoms with Gasteiger partial charge in [0.1, 0.15) is 17.8 Å². The van der Waals surface area contributed by atoms with Crippen molar-refractivity contribution in [2.45, 2.75) is 76.4 Å². The predicted octanol–water partition coefficient (Wildman–Crippen LogP) is 3.22. The van der Waals surface area contributed by atoms with Gasteiger partial charge in [-0.2, -0.15) is 5.10 Å². The summed E-state index contributed by atoms with van der Waals surface area (Å²) in [5.41, 5.74) is 3.07. The molecular weight excluding hydrogens is 594 g/mol. The number of aryl methyl sites for hydroxylation is 1. The SMILES string of the molecule is CCC(=O)N[C@H](Cc1ccc(NC(=O)C(NC(=O)c2ccnn2C)C2CCCCC2)cc1)C(=O)N1CCN[C@@H](Cc2ccccc2)C1. The van der Waals surface area contributed by atoms with E-state index in [9.17, 15) is 19.2 Å². The minimum atomic E-state index is -0.698. The summed E-state index contributed by atoms with van der Waals surface area (Å²) in [7, 11) is 1.70. The molecule has 2 fully saturated rings. The number of amides is 4. The van der Waals surface area contributed by atoms with E-state index in [0.717, 1.165) is 44.1 Å². The van der Waals surface area contributed by atoms with Gasteiger partial charge in [0.2, 0.25) is 17.7 Å². The number of aromatic nitrogens is 2. The van der Waals surface area contributed by atoms with Crippen LogP contribution in [-0.4, -0.2) is 76.1 Å². The number of benzene rings is 2. The summed E-state index contributed by atoms with van der Waals surface area (Å²) >= 11 is 0. The molecule has 3 aromatic rings. The first-order chi connectivity index (χ1) is 22.8. The number of carbonyl (C=O) groups is 4. The smallest absolute Gasteiger partial charge is 0.270 e. The molecule has 1 saturated carbocycles. The molecule has 0 spiro atoms. The normalized spacial score (nSPS) is 18.2. The van der Waals surface area contributed by atoms with Crippen LogP contribution in [0.1, 0.15) is 67.1 Å². The maximum atomic E-state index is 13.8. The Morgan fingerprint density at radius 1 is 0.936 bits per heavy atom. The van der Waals surface area contributed by atoms with Gasteiger partial charge in [-0.15, -0.1) is 0 Å². The highest BCUT2D eigenvalue weighted by molar-refractivity contribution is 6.00. The first kappa shape index (κ1) is 33.8. The van der Waals surface area contributed by atoms with E-state index in [1.54, 1.807) is 38.4 Å². The second kappa shape index (κ2) is 16.4. The van der Waals surface area contributed by atoms with Crippen LogP contribution in [-0.2, 0) is 34.3 Å². The summed E-state index contributed by atoms with van der Waals surface area (Å²) in [4.78, 5) is 54.7. The molecule has 250 valence electrons. The fraction of sp³-hybridized carbons (Fsp3) is 0.472. The van der Waals surface area contributed by atoms with Gasteiger partial charge in [0, 0.05) is 57.4 Å². The summed E-state index contributed by atoms with van der Waals surface area (Å²) in [5, 5.41) is 16.5. The van der Waals surface area contributed by atoms with Crippen LogP contribution in [0.25, 0.3) is 0 Å². The quantitative estimate of drug-likeness (QED) is 0.240. The number of rotatable bonds is 12. The molecule has 47 heavy (non-hydrogen) atoms. The molecule has 2 aromatic carbocycles. The van der Waals surface area contributed by atoms with Gasteiger partial charge < -0.3 is 26.2 Å². The highest BCUT2D eigenvalue weighted by atomic mass is 16.2. The third kappa shape index (κ3) is 9.28. The molecule has 3 atom stereocenters. The number of nitrogens with one attached hydrogen (secondary N) is 4. The number of anilines is 1. The Bertz CT molecular complexity index is 1500. The molecule has 2 heterocycles. The molecule has 1 unspecified atom stereocenters. The van der Waals surface area contributed by atoms with E-state index in [0.29, 0.717) is 37.4 Å². The molecule has 2 aliphatic rings. The lowest BCUT2D eigenvalue weighted by Crippen LogP contribution is -2.58. The Balaban J connectivity index is 1.23. The molecule has 1 aliphatic carbocycles. The zero-order chi connectivity index (χ0) is 33.2. The van der Waals surface area contributed by atoms with E-state index in [1.807, 2.05) is 35.2 Å². The second-order valence-corrected chi connectivity index (χ2v) is 12.7. The van der Waals surface area contributed by atoms with Crippen LogP contribution < -0.4 is 21.3 Å². The number of hydrogen-bond acceptors (Lipinski definition) is 6. The summed E-state index contributed by atoms with van der Waals surface area (Å²) in [6, 6.07) is 18.0. The Morgan fingerprint density at radius 3 is 2.36 bits per heavy atom. The van der Waals surface area contributed by atoms with Crippen molar-refractivity contribution in [3.05, 3.63) is 83.7 Å². The lowest BCUT2D eigenvalue weighted by molar-refractivity contribution is -0.137. The largest absolute Gasteiger partial charge is 0.344 e. The van der Waals surface area contributed by atoms with Crippen molar-refractivity contribution >= 4 is 29.3 Å². The van der Waals surface area contributed by atoms with Gasteiger partial charge in [-0.3, -0.25) is 23.9 Å². The van der Waals surface area contributed by atoms with Crippen molar-refractivity contribution in [3.63, 3.8) is 0 Å². The van der Waals surface area contributed by atoms with Gasteiger partial charge in [0.05, 0.1) is 0 Å². The van der Waals surface area contributed by atoms with Crippen LogP contribution in [0.2, 0.25) is 0 Å². The van der Waals surface area contributed by atoms with Gasteiger partial charge in [-0.25, -0.2) is 0 Å². The van der Waals surface area contributed by atoms with Crippen LogP contribution in [0.3, 0.4) is 0 Å². The third-order valence-corrected chi connectivity index (χ3v) is 9.25. The maximum Gasteiger partial charge on any atom is 0.270 e. The highest BCUT2D eigenvalue weighted by Crippen LogP contribution is 2.27. The summed E-state index contributed by atoms with van der Waals surface area (Å²) < 4.78 is 1.50. The first-order valence-corrected chi connectivity index (χ1v) is 16.8. The molecule has 4 N–H and O–H groups in total. The molecule has 11 nitrogen and oxygen atoms in total. The van der Waals surface area contributed by atoms with Crippen molar-refractivity contribution in [1.29, 1.82) is 0 Å². The van der Waals surface area contributed by atoms with Gasteiger partial charge in [-0.1, -0.05) is 68.7 Å². The average Bonchev–Trinajstić information content (AvgIpc) is 3.54. The molecule has 0 radical (unpaired) electrons. The zero-order valence-electron chi connectivity index (χ0n) is 27.4. The van der Waals surface area contributed by atoms with Crippen molar-refractivity contribution in [3.8, 4) is 0 Å². The summed E-state index contributed by atoms with van der Waals surface area (Å²) in [6.45, 7) is 3.61. The topological polar surface area (TPSA) is 137 Å². The molecule has 4 amide bonds. The van der Waals surface area contributed by atoms with Gasteiger partial charge in [-0.05, 0) is 54.5 Å². The standard InChI is InChI=1S/C36H47N7O4/c1-3-32(44)40-30(36(47)43-21-20-37-29(24-43)22-25-10-6-4-7-11-25)23-26-14-16-28(17-15-26)39-35(46)33(27-12-8-5-9-13-27)41-34(45)31-18-19-38-42(31)2/h4,6-7,10-11,14-19,27,29-30,33,37H,3,5,8-9,12-13,20-24H2,1-2H3,(H,39,46)(H,40,44)(H,41,45)/t29-,30+,33?/m0/s1. The maximum absolute atomic E-state index is 13.8. The van der Waals surface area contributed by atoms with Gasteiger partial charge in [0.25, 0.3) is 5.91 Å². The van der Waals surface area contributed by atoms with Crippen LogP contribution in [0.5, 0.6) is 0 Å². The van der Waals surface area contributed by atoms with Crippen LogP contribution in [0, 0.1) is 5.92 Å². The van der Waals surface area contributed by atoms with E-state index in [2.05, 4.69) is 38.5 Å². The minimum Gasteiger partial charge on any atom is -0.344 e. The van der Waals surface area contributed by atoms with E-state index < -0.39 is 12.1 Å². The fourth-order valence-electron chi connectivity index (χ4n) is 6.63. The second-order valence-electron chi connectivity index (χ2n) is 12.7.